The van der Waals surface area contributed by atoms with Crippen molar-refractivity contribution in [3.8, 4) is 0 Å². The van der Waals surface area contributed by atoms with E-state index in [1.807, 2.05) is 0 Å². The fraction of sp³-hybridized carbons (Fsp3) is 0.895. The number of hydrogen-bond acceptors (Lipinski definition) is 3. The minimum absolute atomic E-state index is 0.00647. The number of carbonyl (C=O) groups is 2. The van der Waals surface area contributed by atoms with Crippen LogP contribution in [0.5, 0.6) is 0 Å². The Morgan fingerprint density at radius 2 is 1.30 bits per heavy atom. The van der Waals surface area contributed by atoms with Gasteiger partial charge in [0.2, 0.25) is 0 Å². The number of unbranched alkanes of at least 4 members (excludes halogenated alkanes) is 4. The van der Waals surface area contributed by atoms with Crippen LogP contribution in [0.25, 0.3) is 0 Å². The standard InChI is InChI=1S/C19H30O4/c20-17(21)6-4-2-1-3-5-7-18(22)23-19-15-9-13-8-14(11-15)12-16(19)10-13/h13-16,19H,1-12H2,(H,20,21). The summed E-state index contributed by atoms with van der Waals surface area (Å²) >= 11 is 0. The first-order valence-corrected chi connectivity index (χ1v) is 9.53. The molecule has 4 heteroatoms. The van der Waals surface area contributed by atoms with Crippen molar-refractivity contribution in [3.05, 3.63) is 0 Å². The van der Waals surface area contributed by atoms with E-state index in [1.165, 1.54) is 32.1 Å². The summed E-state index contributed by atoms with van der Waals surface area (Å²) in [6, 6.07) is 0. The smallest absolute Gasteiger partial charge is 0.306 e. The molecule has 0 spiro atoms. The van der Waals surface area contributed by atoms with Gasteiger partial charge in [-0.15, -0.1) is 0 Å². The number of rotatable bonds is 9. The number of ether oxygens (including phenoxy) is 1. The molecule has 130 valence electrons. The lowest BCUT2D eigenvalue weighted by Crippen LogP contribution is -2.50. The third-order valence-electron chi connectivity index (χ3n) is 6.18. The Hall–Kier alpha value is -1.06. The molecule has 4 bridgehead atoms. The monoisotopic (exact) mass is 322 g/mol. The summed E-state index contributed by atoms with van der Waals surface area (Å²) in [5, 5.41) is 8.57. The van der Waals surface area contributed by atoms with Crippen LogP contribution in [0.4, 0.5) is 0 Å². The van der Waals surface area contributed by atoms with Crippen LogP contribution in [0, 0.1) is 23.7 Å². The molecule has 4 fully saturated rings. The summed E-state index contributed by atoms with van der Waals surface area (Å²) in [7, 11) is 0. The van der Waals surface area contributed by atoms with Crippen molar-refractivity contribution in [1.29, 1.82) is 0 Å². The first kappa shape index (κ1) is 16.8. The number of carboxylic acid groups (broad SMARTS) is 1. The van der Waals surface area contributed by atoms with Crippen LogP contribution in [0.1, 0.15) is 77.0 Å². The largest absolute Gasteiger partial charge is 0.481 e. The summed E-state index contributed by atoms with van der Waals surface area (Å²) < 4.78 is 5.87. The average molecular weight is 322 g/mol. The Labute approximate surface area is 139 Å². The number of aliphatic carboxylic acids is 1. The molecule has 0 radical (unpaired) electrons. The van der Waals surface area contributed by atoms with Crippen molar-refractivity contribution in [2.75, 3.05) is 0 Å². The molecule has 4 aliphatic carbocycles. The first-order chi connectivity index (χ1) is 11.1. The topological polar surface area (TPSA) is 63.6 Å². The Balaban J connectivity index is 1.29. The summed E-state index contributed by atoms with van der Waals surface area (Å²) in [4.78, 5) is 22.5. The van der Waals surface area contributed by atoms with Gasteiger partial charge >= 0.3 is 11.9 Å². The summed E-state index contributed by atoms with van der Waals surface area (Å²) in [5.41, 5.74) is 0. The molecule has 0 atom stereocenters. The van der Waals surface area contributed by atoms with E-state index < -0.39 is 5.97 Å². The summed E-state index contributed by atoms with van der Waals surface area (Å²) in [6.07, 6.45) is 12.1. The first-order valence-electron chi connectivity index (χ1n) is 9.53. The molecular formula is C19H30O4. The van der Waals surface area contributed by atoms with Crippen molar-refractivity contribution in [3.63, 3.8) is 0 Å². The van der Waals surface area contributed by atoms with Gasteiger partial charge in [-0.25, -0.2) is 0 Å². The van der Waals surface area contributed by atoms with Crippen LogP contribution in [-0.4, -0.2) is 23.1 Å². The van der Waals surface area contributed by atoms with Crippen molar-refractivity contribution >= 4 is 11.9 Å². The fourth-order valence-corrected chi connectivity index (χ4v) is 5.35. The quantitative estimate of drug-likeness (QED) is 0.511. The summed E-state index contributed by atoms with van der Waals surface area (Å²) in [6.45, 7) is 0. The van der Waals surface area contributed by atoms with Crippen LogP contribution in [0.2, 0.25) is 0 Å². The number of carbonyl (C=O) groups excluding carboxylic acids is 1. The molecule has 0 saturated heterocycles. The number of esters is 1. The van der Waals surface area contributed by atoms with E-state index in [0.717, 1.165) is 43.9 Å². The second-order valence-corrected chi connectivity index (χ2v) is 8.05. The van der Waals surface area contributed by atoms with E-state index in [4.69, 9.17) is 9.84 Å². The van der Waals surface area contributed by atoms with Crippen LogP contribution in [0.15, 0.2) is 0 Å². The molecule has 0 aromatic heterocycles. The molecule has 0 aromatic rings. The molecule has 4 aliphatic rings. The second kappa shape index (κ2) is 7.67. The van der Waals surface area contributed by atoms with E-state index in [0.29, 0.717) is 18.3 Å². The van der Waals surface area contributed by atoms with Gasteiger partial charge < -0.3 is 9.84 Å². The highest BCUT2D eigenvalue weighted by molar-refractivity contribution is 5.69. The highest BCUT2D eigenvalue weighted by Gasteiger charge is 2.49. The predicted molar refractivity (Wildman–Crippen MR) is 86.9 cm³/mol. The number of hydrogen-bond donors (Lipinski definition) is 1. The van der Waals surface area contributed by atoms with E-state index in [9.17, 15) is 9.59 Å². The van der Waals surface area contributed by atoms with E-state index in [1.54, 1.807) is 0 Å². The van der Waals surface area contributed by atoms with Crippen LogP contribution >= 0.6 is 0 Å². The molecular weight excluding hydrogens is 292 g/mol. The van der Waals surface area contributed by atoms with Crippen LogP contribution < -0.4 is 0 Å². The molecule has 0 amide bonds. The predicted octanol–water partition coefficient (Wildman–Crippen LogP) is 4.17. The minimum atomic E-state index is -0.718. The second-order valence-electron chi connectivity index (χ2n) is 8.05. The van der Waals surface area contributed by atoms with Gasteiger partial charge in [0.1, 0.15) is 6.10 Å². The molecule has 0 heterocycles. The van der Waals surface area contributed by atoms with Gasteiger partial charge in [0, 0.05) is 12.8 Å². The maximum atomic E-state index is 12.1. The lowest BCUT2D eigenvalue weighted by molar-refractivity contribution is -0.170. The fourth-order valence-electron chi connectivity index (χ4n) is 5.35. The molecule has 23 heavy (non-hydrogen) atoms. The summed E-state index contributed by atoms with van der Waals surface area (Å²) in [5.74, 6) is 2.39. The average Bonchev–Trinajstić information content (AvgIpc) is 2.49. The molecule has 0 aromatic carbocycles. The van der Waals surface area contributed by atoms with Crippen molar-refractivity contribution in [2.45, 2.75) is 83.2 Å². The van der Waals surface area contributed by atoms with Gasteiger partial charge in [-0.2, -0.15) is 0 Å². The van der Waals surface area contributed by atoms with Crippen LogP contribution in [-0.2, 0) is 14.3 Å². The zero-order valence-electron chi connectivity index (χ0n) is 14.0. The van der Waals surface area contributed by atoms with Gasteiger partial charge in [-0.05, 0) is 68.6 Å². The SMILES string of the molecule is O=C(O)CCCCCCCC(=O)OC1C2CC3CC(C2)CC1C3. The van der Waals surface area contributed by atoms with Gasteiger partial charge in [0.05, 0.1) is 0 Å². The van der Waals surface area contributed by atoms with Crippen molar-refractivity contribution in [1.82, 2.24) is 0 Å². The third-order valence-corrected chi connectivity index (χ3v) is 6.18. The van der Waals surface area contributed by atoms with E-state index >= 15 is 0 Å². The Bertz CT molecular complexity index is 403. The van der Waals surface area contributed by atoms with Crippen molar-refractivity contribution < 1.29 is 19.4 Å². The molecule has 0 unspecified atom stereocenters. The molecule has 4 nitrogen and oxygen atoms in total. The number of carboxylic acids is 1. The zero-order valence-corrected chi connectivity index (χ0v) is 14.0. The molecule has 0 aliphatic heterocycles. The zero-order chi connectivity index (χ0) is 16.2. The lowest BCUT2D eigenvalue weighted by Gasteiger charge is -2.53. The van der Waals surface area contributed by atoms with Gasteiger partial charge in [-0.1, -0.05) is 19.3 Å². The Kier molecular flexibility index (Phi) is 5.60. The maximum absolute atomic E-state index is 12.1. The van der Waals surface area contributed by atoms with Gasteiger partial charge in [0.25, 0.3) is 0 Å². The normalized spacial score (nSPS) is 34.5. The lowest BCUT2D eigenvalue weighted by atomic mass is 9.55. The maximum Gasteiger partial charge on any atom is 0.306 e. The molecule has 4 rings (SSSR count). The Morgan fingerprint density at radius 3 is 1.87 bits per heavy atom. The molecule has 4 saturated carbocycles. The van der Waals surface area contributed by atoms with Crippen molar-refractivity contribution in [2.24, 2.45) is 23.7 Å². The van der Waals surface area contributed by atoms with Gasteiger partial charge in [-0.3, -0.25) is 9.59 Å². The molecule has 1 N–H and O–H groups in total. The highest BCUT2D eigenvalue weighted by atomic mass is 16.5. The Morgan fingerprint density at radius 1 is 0.783 bits per heavy atom. The third kappa shape index (κ3) is 4.48. The van der Waals surface area contributed by atoms with Crippen LogP contribution in [0.3, 0.4) is 0 Å². The van der Waals surface area contributed by atoms with E-state index in [-0.39, 0.29) is 18.5 Å². The highest BCUT2D eigenvalue weighted by Crippen LogP contribution is 2.54. The van der Waals surface area contributed by atoms with E-state index in [2.05, 4.69) is 0 Å². The minimum Gasteiger partial charge on any atom is -0.481 e. The van der Waals surface area contributed by atoms with Gasteiger partial charge in [0.15, 0.2) is 0 Å².